The Morgan fingerprint density at radius 2 is 1.82 bits per heavy atom. The number of ether oxygens (including phenoxy) is 1. The molecule has 34 heavy (non-hydrogen) atoms. The van der Waals surface area contributed by atoms with Crippen molar-refractivity contribution in [3.63, 3.8) is 0 Å². The Hall–Kier alpha value is -2.91. The SMILES string of the molecule is CCN1C(=S)NC(c2ccc(NC(=O)Nc3cccc(Br)c3)cc2)C(C(=O)OCC(C)C)=C1C. The maximum Gasteiger partial charge on any atom is 0.338 e. The minimum atomic E-state index is -0.445. The summed E-state index contributed by atoms with van der Waals surface area (Å²) in [4.78, 5) is 27.3. The second kappa shape index (κ2) is 11.5. The van der Waals surface area contributed by atoms with Crippen molar-refractivity contribution in [3.05, 3.63) is 69.8 Å². The van der Waals surface area contributed by atoms with E-state index in [1.54, 1.807) is 18.2 Å². The van der Waals surface area contributed by atoms with Crippen LogP contribution in [0.2, 0.25) is 0 Å². The number of allylic oxidation sites excluding steroid dienone is 1. The summed E-state index contributed by atoms with van der Waals surface area (Å²) in [5, 5.41) is 9.44. The molecule has 2 aromatic rings. The number of nitrogens with one attached hydrogen (secondary N) is 3. The summed E-state index contributed by atoms with van der Waals surface area (Å²) in [5.74, 6) is -0.128. The van der Waals surface area contributed by atoms with Gasteiger partial charge in [0, 0.05) is 28.1 Å². The van der Waals surface area contributed by atoms with Crippen LogP contribution in [0.3, 0.4) is 0 Å². The van der Waals surface area contributed by atoms with Gasteiger partial charge in [0.05, 0.1) is 18.2 Å². The number of esters is 1. The molecule has 0 saturated heterocycles. The first kappa shape index (κ1) is 25.7. The van der Waals surface area contributed by atoms with Crippen LogP contribution in [-0.4, -0.2) is 35.2 Å². The molecule has 3 N–H and O–H groups in total. The van der Waals surface area contributed by atoms with Crippen LogP contribution in [-0.2, 0) is 9.53 Å². The molecule has 0 spiro atoms. The number of benzene rings is 2. The largest absolute Gasteiger partial charge is 0.462 e. The quantitative estimate of drug-likeness (QED) is 0.301. The van der Waals surface area contributed by atoms with Crippen molar-refractivity contribution in [1.29, 1.82) is 0 Å². The van der Waals surface area contributed by atoms with E-state index in [-0.39, 0.29) is 17.9 Å². The minimum absolute atomic E-state index is 0.233. The number of hydrogen-bond donors (Lipinski definition) is 3. The van der Waals surface area contributed by atoms with E-state index in [1.165, 1.54) is 0 Å². The standard InChI is InChI=1S/C25H29BrN4O3S/c1-5-30-16(4)21(23(31)33-14-15(2)3)22(29-25(30)34)17-9-11-19(12-10-17)27-24(32)28-20-8-6-7-18(26)13-20/h6-13,15,22H,5,14H2,1-4H3,(H,29,34)(H2,27,28,32). The van der Waals surface area contributed by atoms with Crippen LogP contribution in [0.4, 0.5) is 16.2 Å². The molecule has 0 fully saturated rings. The highest BCUT2D eigenvalue weighted by atomic mass is 79.9. The first-order valence-electron chi connectivity index (χ1n) is 11.1. The molecule has 1 aliphatic rings. The van der Waals surface area contributed by atoms with Crippen molar-refractivity contribution in [2.45, 2.75) is 33.7 Å². The number of amides is 2. The van der Waals surface area contributed by atoms with Gasteiger partial charge in [0.2, 0.25) is 0 Å². The number of hydrogen-bond acceptors (Lipinski definition) is 4. The molecule has 0 aromatic heterocycles. The summed E-state index contributed by atoms with van der Waals surface area (Å²) in [6.45, 7) is 8.84. The van der Waals surface area contributed by atoms with E-state index in [1.807, 2.05) is 62.9 Å². The summed E-state index contributed by atoms with van der Waals surface area (Å²) in [6.07, 6.45) is 0. The average Bonchev–Trinajstić information content (AvgIpc) is 2.78. The van der Waals surface area contributed by atoms with Crippen LogP contribution in [0.15, 0.2) is 64.3 Å². The summed E-state index contributed by atoms with van der Waals surface area (Å²) in [6, 6.07) is 13.9. The maximum atomic E-state index is 13.0. The lowest BCUT2D eigenvalue weighted by Crippen LogP contribution is -2.47. The van der Waals surface area contributed by atoms with Gasteiger partial charge in [0.25, 0.3) is 0 Å². The number of anilines is 2. The number of carbonyl (C=O) groups is 2. The summed E-state index contributed by atoms with van der Waals surface area (Å²) in [7, 11) is 0. The number of nitrogens with zero attached hydrogens (tertiary/aromatic N) is 1. The van der Waals surface area contributed by atoms with Gasteiger partial charge in [-0.15, -0.1) is 0 Å². The van der Waals surface area contributed by atoms with Crippen LogP contribution in [0, 0.1) is 5.92 Å². The van der Waals surface area contributed by atoms with Crippen molar-refractivity contribution in [2.24, 2.45) is 5.92 Å². The third kappa shape index (κ3) is 6.36. The van der Waals surface area contributed by atoms with E-state index in [2.05, 4.69) is 31.9 Å². The summed E-state index contributed by atoms with van der Waals surface area (Å²) < 4.78 is 6.43. The molecule has 3 rings (SSSR count). The van der Waals surface area contributed by atoms with E-state index in [0.29, 0.717) is 35.2 Å². The topological polar surface area (TPSA) is 82.7 Å². The molecular formula is C25H29BrN4O3S. The fraction of sp³-hybridized carbons (Fsp3) is 0.320. The Balaban J connectivity index is 1.78. The molecular weight excluding hydrogens is 516 g/mol. The van der Waals surface area contributed by atoms with Gasteiger partial charge >= 0.3 is 12.0 Å². The second-order valence-corrected chi connectivity index (χ2v) is 9.63. The predicted octanol–water partition coefficient (Wildman–Crippen LogP) is 5.82. The van der Waals surface area contributed by atoms with Crippen LogP contribution < -0.4 is 16.0 Å². The molecule has 9 heteroatoms. The fourth-order valence-corrected chi connectivity index (χ4v) is 4.40. The maximum absolute atomic E-state index is 13.0. The highest BCUT2D eigenvalue weighted by Gasteiger charge is 2.34. The number of carbonyl (C=O) groups excluding carboxylic acids is 2. The van der Waals surface area contributed by atoms with Gasteiger partial charge in [-0.2, -0.15) is 0 Å². The lowest BCUT2D eigenvalue weighted by atomic mass is 9.95. The monoisotopic (exact) mass is 544 g/mol. The first-order valence-corrected chi connectivity index (χ1v) is 12.3. The lowest BCUT2D eigenvalue weighted by Gasteiger charge is -2.37. The number of urea groups is 1. The Morgan fingerprint density at radius 3 is 2.44 bits per heavy atom. The minimum Gasteiger partial charge on any atom is -0.462 e. The molecule has 1 heterocycles. The Bertz CT molecular complexity index is 1100. The van der Waals surface area contributed by atoms with Crippen LogP contribution in [0.1, 0.15) is 39.3 Å². The number of thiocarbonyl (C=S) groups is 1. The van der Waals surface area contributed by atoms with Gasteiger partial charge in [0.15, 0.2) is 5.11 Å². The smallest absolute Gasteiger partial charge is 0.338 e. The number of halogens is 1. The van der Waals surface area contributed by atoms with Crippen LogP contribution in [0.5, 0.6) is 0 Å². The Morgan fingerprint density at radius 1 is 1.15 bits per heavy atom. The van der Waals surface area contributed by atoms with Gasteiger partial charge < -0.3 is 25.6 Å². The molecule has 0 aliphatic carbocycles. The van der Waals surface area contributed by atoms with Crippen molar-refractivity contribution in [2.75, 3.05) is 23.8 Å². The molecule has 0 saturated carbocycles. The van der Waals surface area contributed by atoms with Gasteiger partial charge in [0.1, 0.15) is 0 Å². The molecule has 1 aliphatic heterocycles. The fourth-order valence-electron chi connectivity index (χ4n) is 3.62. The van der Waals surface area contributed by atoms with E-state index in [0.717, 1.165) is 15.7 Å². The van der Waals surface area contributed by atoms with Crippen molar-refractivity contribution < 1.29 is 14.3 Å². The van der Waals surface area contributed by atoms with E-state index in [9.17, 15) is 9.59 Å². The zero-order valence-electron chi connectivity index (χ0n) is 19.6. The zero-order chi connectivity index (χ0) is 24.8. The van der Waals surface area contributed by atoms with Gasteiger partial charge in [-0.25, -0.2) is 9.59 Å². The molecule has 7 nitrogen and oxygen atoms in total. The van der Waals surface area contributed by atoms with Crippen molar-refractivity contribution in [1.82, 2.24) is 10.2 Å². The first-order chi connectivity index (χ1) is 16.2. The molecule has 0 radical (unpaired) electrons. The van der Waals surface area contributed by atoms with Gasteiger partial charge in [-0.05, 0) is 67.9 Å². The molecule has 0 bridgehead atoms. The Labute approximate surface area is 214 Å². The van der Waals surface area contributed by atoms with E-state index in [4.69, 9.17) is 17.0 Å². The van der Waals surface area contributed by atoms with E-state index >= 15 is 0 Å². The Kier molecular flexibility index (Phi) is 8.68. The highest BCUT2D eigenvalue weighted by molar-refractivity contribution is 9.10. The normalized spacial score (nSPS) is 15.8. The molecule has 1 atom stereocenters. The highest BCUT2D eigenvalue weighted by Crippen LogP contribution is 2.32. The van der Waals surface area contributed by atoms with Gasteiger partial charge in [-0.1, -0.05) is 48.0 Å². The van der Waals surface area contributed by atoms with E-state index < -0.39 is 6.04 Å². The summed E-state index contributed by atoms with van der Waals surface area (Å²) in [5.41, 5.74) is 3.44. The third-order valence-electron chi connectivity index (χ3n) is 5.26. The molecule has 2 amide bonds. The molecule has 2 aromatic carbocycles. The van der Waals surface area contributed by atoms with Crippen molar-refractivity contribution >= 4 is 56.6 Å². The average molecular weight is 546 g/mol. The van der Waals surface area contributed by atoms with Gasteiger partial charge in [-0.3, -0.25) is 0 Å². The van der Waals surface area contributed by atoms with Crippen LogP contribution in [0.25, 0.3) is 0 Å². The second-order valence-electron chi connectivity index (χ2n) is 8.33. The zero-order valence-corrected chi connectivity index (χ0v) is 22.0. The third-order valence-corrected chi connectivity index (χ3v) is 6.10. The molecule has 1 unspecified atom stereocenters. The predicted molar refractivity (Wildman–Crippen MR) is 143 cm³/mol. The van der Waals surface area contributed by atoms with Crippen molar-refractivity contribution in [3.8, 4) is 0 Å². The lowest BCUT2D eigenvalue weighted by molar-refractivity contribution is -0.140. The van der Waals surface area contributed by atoms with Crippen LogP contribution >= 0.6 is 28.1 Å². The number of rotatable bonds is 7. The summed E-state index contributed by atoms with van der Waals surface area (Å²) >= 11 is 8.93. The molecule has 180 valence electrons.